The molecule has 1 unspecified atom stereocenters. The molecule has 0 aliphatic carbocycles. The third kappa shape index (κ3) is 4.69. The van der Waals surface area contributed by atoms with Gasteiger partial charge in [-0.1, -0.05) is 12.5 Å². The van der Waals surface area contributed by atoms with E-state index >= 15 is 0 Å². The van der Waals surface area contributed by atoms with Crippen LogP contribution in [0.15, 0.2) is 24.3 Å². The summed E-state index contributed by atoms with van der Waals surface area (Å²) in [6.45, 7) is 0.735. The lowest BCUT2D eigenvalue weighted by Crippen LogP contribution is -2.45. The maximum atomic E-state index is 13.1. The highest BCUT2D eigenvalue weighted by molar-refractivity contribution is 5.89. The molecular weight excluding hydrogens is 302 g/mol. The summed E-state index contributed by atoms with van der Waals surface area (Å²) in [4.78, 5) is 13.4. The second kappa shape index (κ2) is 7.09. The van der Waals surface area contributed by atoms with Gasteiger partial charge < -0.3 is 4.74 Å². The van der Waals surface area contributed by atoms with Gasteiger partial charge in [0, 0.05) is 6.54 Å². The van der Waals surface area contributed by atoms with Crippen LogP contribution in [0.4, 0.5) is 17.6 Å². The minimum Gasteiger partial charge on any atom is -0.448 e. The van der Waals surface area contributed by atoms with Crippen LogP contribution in [-0.4, -0.2) is 42.8 Å². The summed E-state index contributed by atoms with van der Waals surface area (Å²) in [5, 5.41) is 0. The van der Waals surface area contributed by atoms with E-state index in [-0.39, 0.29) is 12.1 Å². The molecule has 1 aliphatic rings. The number of carbonyl (C=O) groups is 1. The van der Waals surface area contributed by atoms with Crippen molar-refractivity contribution in [3.8, 4) is 0 Å². The van der Waals surface area contributed by atoms with Gasteiger partial charge in [0.15, 0.2) is 0 Å². The van der Waals surface area contributed by atoms with Crippen LogP contribution in [0.25, 0.3) is 0 Å². The Bertz CT molecular complexity index is 513. The van der Waals surface area contributed by atoms with Crippen LogP contribution in [0.1, 0.15) is 29.6 Å². The van der Waals surface area contributed by atoms with E-state index in [0.29, 0.717) is 13.1 Å². The zero-order valence-electron chi connectivity index (χ0n) is 11.9. The number of ether oxygens (including phenoxy) is 1. The lowest BCUT2D eigenvalue weighted by atomic mass is 10.1. The molecule has 3 nitrogen and oxygen atoms in total. The van der Waals surface area contributed by atoms with Crippen LogP contribution >= 0.6 is 0 Å². The second-order valence-electron chi connectivity index (χ2n) is 5.31. The van der Waals surface area contributed by atoms with Crippen LogP contribution in [0.3, 0.4) is 0 Å². The highest BCUT2D eigenvalue weighted by Gasteiger charge is 2.44. The van der Waals surface area contributed by atoms with Gasteiger partial charge in [0.2, 0.25) is 6.10 Å². The van der Waals surface area contributed by atoms with Crippen molar-refractivity contribution in [3.05, 3.63) is 35.6 Å². The van der Waals surface area contributed by atoms with Gasteiger partial charge in [-0.15, -0.1) is 0 Å². The van der Waals surface area contributed by atoms with E-state index in [0.717, 1.165) is 31.4 Å². The van der Waals surface area contributed by atoms with E-state index in [9.17, 15) is 22.4 Å². The predicted molar refractivity (Wildman–Crippen MR) is 71.9 cm³/mol. The Morgan fingerprint density at radius 1 is 1.23 bits per heavy atom. The molecule has 0 aromatic heterocycles. The number of carbonyl (C=O) groups excluding carboxylic acids is 1. The minimum absolute atomic E-state index is 0.229. The van der Waals surface area contributed by atoms with Crippen molar-refractivity contribution >= 4 is 5.97 Å². The van der Waals surface area contributed by atoms with Crippen molar-refractivity contribution < 1.29 is 27.1 Å². The molecule has 2 rings (SSSR count). The topological polar surface area (TPSA) is 29.5 Å². The third-order valence-electron chi connectivity index (χ3n) is 3.55. The van der Waals surface area contributed by atoms with E-state index in [1.807, 2.05) is 0 Å². The summed E-state index contributed by atoms with van der Waals surface area (Å²) in [5.41, 5.74) is -0.229. The smallest absolute Gasteiger partial charge is 0.426 e. The van der Waals surface area contributed by atoms with E-state index in [4.69, 9.17) is 0 Å². The highest BCUT2D eigenvalue weighted by atomic mass is 19.4. The van der Waals surface area contributed by atoms with E-state index < -0.39 is 24.1 Å². The zero-order valence-corrected chi connectivity index (χ0v) is 11.9. The molecule has 7 heteroatoms. The molecule has 0 amide bonds. The first-order valence-corrected chi connectivity index (χ1v) is 7.12. The monoisotopic (exact) mass is 319 g/mol. The average molecular weight is 319 g/mol. The summed E-state index contributed by atoms with van der Waals surface area (Å²) in [5.74, 6) is -1.87. The fraction of sp³-hybridized carbons (Fsp3) is 0.533. The molecule has 0 radical (unpaired) electrons. The van der Waals surface area contributed by atoms with E-state index in [1.165, 1.54) is 12.1 Å². The van der Waals surface area contributed by atoms with Crippen molar-refractivity contribution in [2.45, 2.75) is 31.5 Å². The SMILES string of the molecule is O=C(OC(CN1CCCCC1)C(F)(F)F)c1cccc(F)c1. The summed E-state index contributed by atoms with van der Waals surface area (Å²) < 4.78 is 56.8. The molecule has 1 aromatic carbocycles. The fourth-order valence-corrected chi connectivity index (χ4v) is 2.40. The molecule has 0 spiro atoms. The quantitative estimate of drug-likeness (QED) is 0.629. The number of hydrogen-bond donors (Lipinski definition) is 0. The van der Waals surface area contributed by atoms with Crippen LogP contribution in [-0.2, 0) is 4.74 Å². The number of alkyl halides is 3. The van der Waals surface area contributed by atoms with E-state index in [1.54, 1.807) is 4.90 Å². The normalized spacial score (nSPS) is 18.0. The third-order valence-corrected chi connectivity index (χ3v) is 3.55. The minimum atomic E-state index is -4.65. The van der Waals surface area contributed by atoms with Crippen LogP contribution in [0, 0.1) is 5.82 Å². The molecule has 22 heavy (non-hydrogen) atoms. The molecule has 0 N–H and O–H groups in total. The van der Waals surface area contributed by atoms with Crippen molar-refractivity contribution in [2.75, 3.05) is 19.6 Å². The lowest BCUT2D eigenvalue weighted by Gasteiger charge is -2.31. The number of hydrogen-bond acceptors (Lipinski definition) is 3. The molecule has 1 aliphatic heterocycles. The first kappa shape index (κ1) is 16.7. The Kier molecular flexibility index (Phi) is 5.39. The Balaban J connectivity index is 2.04. The fourth-order valence-electron chi connectivity index (χ4n) is 2.40. The first-order chi connectivity index (χ1) is 10.4. The second-order valence-corrected chi connectivity index (χ2v) is 5.31. The lowest BCUT2D eigenvalue weighted by molar-refractivity contribution is -0.209. The number of rotatable bonds is 4. The van der Waals surface area contributed by atoms with Crippen molar-refractivity contribution in [1.82, 2.24) is 4.90 Å². The van der Waals surface area contributed by atoms with Crippen LogP contribution in [0.2, 0.25) is 0 Å². The Hall–Kier alpha value is -1.63. The number of piperidine rings is 1. The number of nitrogens with zero attached hydrogens (tertiary/aromatic N) is 1. The largest absolute Gasteiger partial charge is 0.448 e. The number of halogens is 4. The number of likely N-dealkylation sites (tertiary alicyclic amines) is 1. The highest BCUT2D eigenvalue weighted by Crippen LogP contribution is 2.26. The van der Waals surface area contributed by atoms with Gasteiger partial charge >= 0.3 is 12.1 Å². The van der Waals surface area contributed by atoms with Gasteiger partial charge in [-0.25, -0.2) is 9.18 Å². The van der Waals surface area contributed by atoms with Crippen LogP contribution < -0.4 is 0 Å². The molecule has 0 saturated carbocycles. The zero-order chi connectivity index (χ0) is 16.2. The summed E-state index contributed by atoms with van der Waals surface area (Å²) >= 11 is 0. The molecule has 0 bridgehead atoms. The number of benzene rings is 1. The van der Waals surface area contributed by atoms with Gasteiger partial charge in [0.1, 0.15) is 5.82 Å². The standard InChI is InChI=1S/C15H17F4NO2/c16-12-6-4-5-11(9-12)14(21)22-13(15(17,18)19)10-20-7-2-1-3-8-20/h4-6,9,13H,1-3,7-8,10H2. The summed E-state index contributed by atoms with van der Waals surface area (Å²) in [6, 6.07) is 4.43. The van der Waals surface area contributed by atoms with E-state index in [2.05, 4.69) is 4.74 Å². The first-order valence-electron chi connectivity index (χ1n) is 7.12. The van der Waals surface area contributed by atoms with Gasteiger partial charge in [0.05, 0.1) is 5.56 Å². The summed E-state index contributed by atoms with van der Waals surface area (Å²) in [6.07, 6.45) is -4.19. The maximum absolute atomic E-state index is 13.1. The molecular formula is C15H17F4NO2. The molecule has 1 heterocycles. The van der Waals surface area contributed by atoms with Crippen molar-refractivity contribution in [1.29, 1.82) is 0 Å². The van der Waals surface area contributed by atoms with Crippen molar-refractivity contribution in [2.24, 2.45) is 0 Å². The van der Waals surface area contributed by atoms with Gasteiger partial charge in [-0.2, -0.15) is 13.2 Å². The molecule has 1 fully saturated rings. The maximum Gasteiger partial charge on any atom is 0.426 e. The molecule has 1 aromatic rings. The average Bonchev–Trinajstić information content (AvgIpc) is 2.46. The Morgan fingerprint density at radius 3 is 2.50 bits per heavy atom. The Labute approximate surface area is 125 Å². The predicted octanol–water partition coefficient (Wildman–Crippen LogP) is 3.40. The summed E-state index contributed by atoms with van der Waals surface area (Å²) in [7, 11) is 0. The van der Waals surface area contributed by atoms with Gasteiger partial charge in [-0.3, -0.25) is 4.90 Å². The molecule has 122 valence electrons. The molecule has 1 saturated heterocycles. The van der Waals surface area contributed by atoms with Gasteiger partial charge in [0.25, 0.3) is 0 Å². The van der Waals surface area contributed by atoms with Gasteiger partial charge in [-0.05, 0) is 44.1 Å². The Morgan fingerprint density at radius 2 is 1.91 bits per heavy atom. The molecule has 1 atom stereocenters. The number of esters is 1. The van der Waals surface area contributed by atoms with Crippen LogP contribution in [0.5, 0.6) is 0 Å². The van der Waals surface area contributed by atoms with Crippen molar-refractivity contribution in [3.63, 3.8) is 0 Å².